The molecular formula is C19H22N2O2. The summed E-state index contributed by atoms with van der Waals surface area (Å²) in [7, 11) is 1.68. The second-order valence-corrected chi connectivity index (χ2v) is 6.01. The van der Waals surface area contributed by atoms with Crippen molar-refractivity contribution in [3.8, 4) is 5.75 Å². The van der Waals surface area contributed by atoms with Gasteiger partial charge >= 0.3 is 0 Å². The van der Waals surface area contributed by atoms with Crippen LogP contribution in [0.3, 0.4) is 0 Å². The Morgan fingerprint density at radius 2 is 2.13 bits per heavy atom. The zero-order valence-electron chi connectivity index (χ0n) is 13.7. The Labute approximate surface area is 137 Å². The molecule has 0 aliphatic heterocycles. The number of aromatic nitrogens is 1. The minimum absolute atomic E-state index is 0.189. The lowest BCUT2D eigenvalue weighted by molar-refractivity contribution is -0.119. The number of carbonyl (C=O) groups is 1. The zero-order chi connectivity index (χ0) is 16.2. The first-order valence-corrected chi connectivity index (χ1v) is 8.05. The van der Waals surface area contributed by atoms with Gasteiger partial charge in [-0.1, -0.05) is 18.2 Å². The molecule has 1 amide bonds. The molecule has 1 aliphatic carbocycles. The highest BCUT2D eigenvalue weighted by Crippen LogP contribution is 2.32. The van der Waals surface area contributed by atoms with E-state index < -0.39 is 0 Å². The summed E-state index contributed by atoms with van der Waals surface area (Å²) in [5.41, 5.74) is 2.32. The third kappa shape index (κ3) is 3.70. The molecule has 0 saturated heterocycles. The number of rotatable bonds is 6. The van der Waals surface area contributed by atoms with Crippen molar-refractivity contribution < 1.29 is 9.53 Å². The molecule has 0 spiro atoms. The van der Waals surface area contributed by atoms with E-state index in [4.69, 9.17) is 4.74 Å². The number of hydrogen-bond donors (Lipinski definition) is 0. The van der Waals surface area contributed by atoms with Crippen LogP contribution < -0.4 is 9.64 Å². The summed E-state index contributed by atoms with van der Waals surface area (Å²) in [6, 6.07) is 11.9. The predicted octanol–water partition coefficient (Wildman–Crippen LogP) is 3.38. The Hall–Kier alpha value is -2.36. The van der Waals surface area contributed by atoms with Crippen molar-refractivity contribution in [1.82, 2.24) is 4.98 Å². The molecule has 0 atom stereocenters. The van der Waals surface area contributed by atoms with E-state index in [-0.39, 0.29) is 11.8 Å². The van der Waals surface area contributed by atoms with Gasteiger partial charge in [0.25, 0.3) is 0 Å². The molecule has 2 aromatic rings. The number of nitrogens with zero attached hydrogens (tertiary/aromatic N) is 2. The van der Waals surface area contributed by atoms with Gasteiger partial charge in [-0.3, -0.25) is 9.69 Å². The predicted molar refractivity (Wildman–Crippen MR) is 90.7 cm³/mol. The van der Waals surface area contributed by atoms with Crippen LogP contribution in [0.1, 0.15) is 24.0 Å². The van der Waals surface area contributed by atoms with E-state index in [0.717, 1.165) is 36.4 Å². The lowest BCUT2D eigenvalue weighted by Crippen LogP contribution is -2.34. The van der Waals surface area contributed by atoms with E-state index in [1.54, 1.807) is 13.3 Å². The van der Waals surface area contributed by atoms with E-state index in [2.05, 4.69) is 17.1 Å². The molecule has 4 heteroatoms. The van der Waals surface area contributed by atoms with Crippen LogP contribution in [0.25, 0.3) is 0 Å². The Kier molecular flexibility index (Phi) is 4.60. The molecule has 1 aromatic carbocycles. The summed E-state index contributed by atoms with van der Waals surface area (Å²) in [6.45, 7) is 2.69. The van der Waals surface area contributed by atoms with Gasteiger partial charge in [-0.2, -0.15) is 0 Å². The van der Waals surface area contributed by atoms with E-state index in [0.29, 0.717) is 6.54 Å². The molecular weight excluding hydrogens is 288 g/mol. The van der Waals surface area contributed by atoms with Gasteiger partial charge in [0.2, 0.25) is 5.91 Å². The van der Waals surface area contributed by atoms with Crippen LogP contribution in [0, 0.1) is 12.8 Å². The Morgan fingerprint density at radius 1 is 1.30 bits per heavy atom. The molecule has 23 heavy (non-hydrogen) atoms. The maximum atomic E-state index is 12.6. The van der Waals surface area contributed by atoms with Gasteiger partial charge in [0, 0.05) is 18.7 Å². The number of benzene rings is 1. The fourth-order valence-electron chi connectivity index (χ4n) is 2.74. The van der Waals surface area contributed by atoms with Gasteiger partial charge in [-0.25, -0.2) is 4.98 Å². The lowest BCUT2D eigenvalue weighted by atomic mass is 10.1. The van der Waals surface area contributed by atoms with Crippen molar-refractivity contribution in [3.63, 3.8) is 0 Å². The zero-order valence-corrected chi connectivity index (χ0v) is 13.7. The van der Waals surface area contributed by atoms with Gasteiger partial charge in [0.1, 0.15) is 11.6 Å². The standard InChI is InChI=1S/C19H22N2O2/c1-14-13-15(6-9-17(14)23-2)10-12-21(19(22)16-7-8-16)18-5-3-4-11-20-18/h3-6,9,11,13,16H,7-8,10,12H2,1-2H3. The van der Waals surface area contributed by atoms with Gasteiger partial charge in [0.15, 0.2) is 0 Å². The maximum Gasteiger partial charge on any atom is 0.231 e. The van der Waals surface area contributed by atoms with Crippen molar-refractivity contribution in [1.29, 1.82) is 0 Å². The molecule has 0 bridgehead atoms. The third-order valence-corrected chi connectivity index (χ3v) is 4.20. The summed E-state index contributed by atoms with van der Waals surface area (Å²) in [5, 5.41) is 0. The number of anilines is 1. The minimum Gasteiger partial charge on any atom is -0.496 e. The van der Waals surface area contributed by atoms with E-state index in [1.807, 2.05) is 36.1 Å². The van der Waals surface area contributed by atoms with Gasteiger partial charge in [-0.05, 0) is 55.5 Å². The fraction of sp³-hybridized carbons (Fsp3) is 0.368. The summed E-state index contributed by atoms with van der Waals surface area (Å²) in [5.74, 6) is 2.03. The number of methoxy groups -OCH3 is 1. The summed E-state index contributed by atoms with van der Waals surface area (Å²) >= 11 is 0. The summed E-state index contributed by atoms with van der Waals surface area (Å²) in [6.07, 6.45) is 4.55. The van der Waals surface area contributed by atoms with Gasteiger partial charge < -0.3 is 4.74 Å². The third-order valence-electron chi connectivity index (χ3n) is 4.20. The molecule has 1 saturated carbocycles. The lowest BCUT2D eigenvalue weighted by Gasteiger charge is -2.22. The highest BCUT2D eigenvalue weighted by Gasteiger charge is 2.34. The average Bonchev–Trinajstić information content (AvgIpc) is 3.41. The monoisotopic (exact) mass is 310 g/mol. The Bertz CT molecular complexity index is 681. The molecule has 0 N–H and O–H groups in total. The molecule has 1 aliphatic rings. The number of carbonyl (C=O) groups excluding carboxylic acids is 1. The van der Waals surface area contributed by atoms with Crippen LogP contribution in [0.4, 0.5) is 5.82 Å². The van der Waals surface area contributed by atoms with Crippen LogP contribution in [-0.4, -0.2) is 24.5 Å². The average molecular weight is 310 g/mol. The number of amides is 1. The van der Waals surface area contributed by atoms with Crippen molar-refractivity contribution in [2.75, 3.05) is 18.6 Å². The highest BCUT2D eigenvalue weighted by atomic mass is 16.5. The smallest absolute Gasteiger partial charge is 0.231 e. The highest BCUT2D eigenvalue weighted by molar-refractivity contribution is 5.95. The first-order valence-electron chi connectivity index (χ1n) is 8.05. The van der Waals surface area contributed by atoms with Crippen molar-refractivity contribution >= 4 is 11.7 Å². The number of aryl methyl sites for hydroxylation is 1. The maximum absolute atomic E-state index is 12.6. The Balaban J connectivity index is 1.74. The van der Waals surface area contributed by atoms with E-state index in [9.17, 15) is 4.79 Å². The van der Waals surface area contributed by atoms with Gasteiger partial charge in [0.05, 0.1) is 7.11 Å². The van der Waals surface area contributed by atoms with Crippen molar-refractivity contribution in [3.05, 3.63) is 53.7 Å². The number of pyridine rings is 1. The first kappa shape index (κ1) is 15.5. The quantitative estimate of drug-likeness (QED) is 0.821. The molecule has 0 radical (unpaired) electrons. The summed E-state index contributed by atoms with van der Waals surface area (Å²) < 4.78 is 5.30. The van der Waals surface area contributed by atoms with E-state index in [1.165, 1.54) is 5.56 Å². The Morgan fingerprint density at radius 3 is 2.74 bits per heavy atom. The van der Waals surface area contributed by atoms with Crippen molar-refractivity contribution in [2.24, 2.45) is 5.92 Å². The minimum atomic E-state index is 0.189. The van der Waals surface area contributed by atoms with Crippen LogP contribution in [0.5, 0.6) is 5.75 Å². The molecule has 4 nitrogen and oxygen atoms in total. The van der Waals surface area contributed by atoms with Crippen LogP contribution >= 0.6 is 0 Å². The summed E-state index contributed by atoms with van der Waals surface area (Å²) in [4.78, 5) is 18.7. The molecule has 1 fully saturated rings. The van der Waals surface area contributed by atoms with Crippen LogP contribution in [0.15, 0.2) is 42.6 Å². The molecule has 1 heterocycles. The largest absolute Gasteiger partial charge is 0.496 e. The topological polar surface area (TPSA) is 42.4 Å². The van der Waals surface area contributed by atoms with Crippen LogP contribution in [0.2, 0.25) is 0 Å². The first-order chi connectivity index (χ1) is 11.2. The van der Waals surface area contributed by atoms with Crippen LogP contribution in [-0.2, 0) is 11.2 Å². The number of hydrogen-bond acceptors (Lipinski definition) is 3. The molecule has 3 rings (SSSR count). The second kappa shape index (κ2) is 6.82. The SMILES string of the molecule is COc1ccc(CCN(C(=O)C2CC2)c2ccccn2)cc1C. The number of ether oxygens (including phenoxy) is 1. The van der Waals surface area contributed by atoms with Gasteiger partial charge in [-0.15, -0.1) is 0 Å². The van der Waals surface area contributed by atoms with E-state index >= 15 is 0 Å². The second-order valence-electron chi connectivity index (χ2n) is 6.01. The molecule has 1 aromatic heterocycles. The normalized spacial score (nSPS) is 13.7. The molecule has 120 valence electrons. The van der Waals surface area contributed by atoms with Crippen molar-refractivity contribution in [2.45, 2.75) is 26.2 Å². The fourth-order valence-corrected chi connectivity index (χ4v) is 2.74. The molecule has 0 unspecified atom stereocenters.